The lowest BCUT2D eigenvalue weighted by Gasteiger charge is -2.31. The summed E-state index contributed by atoms with van der Waals surface area (Å²) in [6, 6.07) is 6.69. The van der Waals surface area contributed by atoms with Crippen LogP contribution >= 0.6 is 22.9 Å². The highest BCUT2D eigenvalue weighted by Gasteiger charge is 2.27. The van der Waals surface area contributed by atoms with E-state index >= 15 is 0 Å². The third-order valence-electron chi connectivity index (χ3n) is 5.42. The molecule has 3 aromatic rings. The fraction of sp³-hybridized carbons (Fsp3) is 0.409. The van der Waals surface area contributed by atoms with Crippen LogP contribution in [0.1, 0.15) is 37.0 Å². The maximum Gasteiger partial charge on any atom is 0.273 e. The Kier molecular flexibility index (Phi) is 6.57. The van der Waals surface area contributed by atoms with E-state index in [1.807, 2.05) is 13.8 Å². The van der Waals surface area contributed by atoms with Gasteiger partial charge in [-0.3, -0.25) is 19.0 Å². The van der Waals surface area contributed by atoms with Crippen LogP contribution in [0.25, 0.3) is 10.3 Å². The number of hydrogen-bond acceptors (Lipinski definition) is 7. The number of fused-ring (bicyclic) bond motifs is 1. The number of hydrogen-bond donors (Lipinski definition) is 1. The molecule has 10 heteroatoms. The lowest BCUT2D eigenvalue weighted by atomic mass is 9.96. The summed E-state index contributed by atoms with van der Waals surface area (Å²) in [5.41, 5.74) is 0.577. The first-order valence-electron chi connectivity index (χ1n) is 10.5. The minimum absolute atomic E-state index is 0.00254. The van der Waals surface area contributed by atoms with E-state index in [0.717, 1.165) is 12.8 Å². The summed E-state index contributed by atoms with van der Waals surface area (Å²) in [4.78, 5) is 48.6. The van der Waals surface area contributed by atoms with E-state index in [2.05, 4.69) is 20.2 Å². The number of piperidine rings is 1. The maximum absolute atomic E-state index is 12.9. The number of rotatable bonds is 6. The van der Waals surface area contributed by atoms with Crippen molar-refractivity contribution in [3.05, 3.63) is 51.5 Å². The van der Waals surface area contributed by atoms with Crippen LogP contribution in [0.3, 0.4) is 0 Å². The molecule has 0 atom stereocenters. The lowest BCUT2D eigenvalue weighted by molar-refractivity contribution is -0.126. The first-order valence-corrected chi connectivity index (χ1v) is 11.7. The Balaban J connectivity index is 1.47. The Hall–Kier alpha value is -2.78. The zero-order valence-corrected chi connectivity index (χ0v) is 19.4. The van der Waals surface area contributed by atoms with Gasteiger partial charge < -0.3 is 10.2 Å². The van der Waals surface area contributed by atoms with Gasteiger partial charge in [-0.2, -0.15) is 4.98 Å². The molecule has 2 aromatic heterocycles. The minimum atomic E-state index is -0.285. The van der Waals surface area contributed by atoms with E-state index in [1.165, 1.54) is 22.2 Å². The average molecular weight is 474 g/mol. The molecule has 4 rings (SSSR count). The number of nitrogens with zero attached hydrogens (tertiary/aromatic N) is 4. The van der Waals surface area contributed by atoms with Crippen LogP contribution in [0.15, 0.2) is 35.4 Å². The predicted octanol–water partition coefficient (Wildman–Crippen LogP) is 3.13. The van der Waals surface area contributed by atoms with Gasteiger partial charge in [0.05, 0.1) is 6.54 Å². The maximum atomic E-state index is 12.9. The van der Waals surface area contributed by atoms with Crippen LogP contribution in [-0.2, 0) is 11.3 Å². The van der Waals surface area contributed by atoms with Gasteiger partial charge in [0.15, 0.2) is 16.6 Å². The van der Waals surface area contributed by atoms with Crippen molar-refractivity contribution in [1.29, 1.82) is 0 Å². The van der Waals surface area contributed by atoms with Crippen molar-refractivity contribution in [2.45, 2.75) is 39.3 Å². The lowest BCUT2D eigenvalue weighted by Crippen LogP contribution is -2.42. The van der Waals surface area contributed by atoms with E-state index in [4.69, 9.17) is 11.6 Å². The third kappa shape index (κ3) is 4.83. The molecule has 1 N–H and O–H groups in total. The van der Waals surface area contributed by atoms with Crippen molar-refractivity contribution in [2.24, 2.45) is 5.92 Å². The first-order chi connectivity index (χ1) is 15.3. The molecular formula is C22H24ClN5O3S. The van der Waals surface area contributed by atoms with Gasteiger partial charge in [-0.25, -0.2) is 4.98 Å². The second-order valence-corrected chi connectivity index (χ2v) is 9.60. The van der Waals surface area contributed by atoms with Gasteiger partial charge in [-0.05, 0) is 51.0 Å². The SMILES string of the molecule is CC(C)NC(=O)C1CCN(c2nc3ncn(CC(=O)c4ccc(Cl)cc4)c(=O)c3s2)CC1. The average Bonchev–Trinajstić information content (AvgIpc) is 3.21. The zero-order valence-electron chi connectivity index (χ0n) is 17.9. The van der Waals surface area contributed by atoms with E-state index in [0.29, 0.717) is 39.2 Å². The molecule has 1 aliphatic heterocycles. The molecule has 0 spiro atoms. The molecule has 1 aliphatic rings. The van der Waals surface area contributed by atoms with E-state index in [1.54, 1.807) is 24.3 Å². The third-order valence-corrected chi connectivity index (χ3v) is 6.77. The second kappa shape index (κ2) is 9.38. The number of amides is 1. The molecule has 0 unspecified atom stereocenters. The summed E-state index contributed by atoms with van der Waals surface area (Å²) in [6.45, 7) is 5.19. The Morgan fingerprint density at radius 1 is 1.22 bits per heavy atom. The summed E-state index contributed by atoms with van der Waals surface area (Å²) < 4.78 is 1.73. The van der Waals surface area contributed by atoms with Gasteiger partial charge in [-0.1, -0.05) is 22.9 Å². The number of halogens is 1. The Morgan fingerprint density at radius 3 is 2.56 bits per heavy atom. The predicted molar refractivity (Wildman–Crippen MR) is 126 cm³/mol. The molecule has 0 bridgehead atoms. The van der Waals surface area contributed by atoms with Crippen LogP contribution in [0.4, 0.5) is 5.13 Å². The molecule has 0 radical (unpaired) electrons. The van der Waals surface area contributed by atoms with Crippen LogP contribution in [0.2, 0.25) is 5.02 Å². The summed E-state index contributed by atoms with van der Waals surface area (Å²) in [5, 5.41) is 4.24. The van der Waals surface area contributed by atoms with Crippen molar-refractivity contribution >= 4 is 50.1 Å². The quantitative estimate of drug-likeness (QED) is 0.552. The van der Waals surface area contributed by atoms with E-state index < -0.39 is 0 Å². The first kappa shape index (κ1) is 22.4. The van der Waals surface area contributed by atoms with Crippen molar-refractivity contribution in [1.82, 2.24) is 19.9 Å². The number of carbonyl (C=O) groups is 2. The molecule has 0 saturated carbocycles. The Morgan fingerprint density at radius 2 is 1.91 bits per heavy atom. The summed E-state index contributed by atoms with van der Waals surface area (Å²) >= 11 is 7.15. The van der Waals surface area contributed by atoms with Crippen molar-refractivity contribution < 1.29 is 9.59 Å². The van der Waals surface area contributed by atoms with Crippen molar-refractivity contribution in [3.63, 3.8) is 0 Å². The Bertz CT molecular complexity index is 1200. The number of ketones is 1. The summed E-state index contributed by atoms with van der Waals surface area (Å²) in [5.74, 6) is -0.104. The topological polar surface area (TPSA) is 97.2 Å². The van der Waals surface area contributed by atoms with Crippen molar-refractivity contribution in [3.8, 4) is 0 Å². The number of nitrogens with one attached hydrogen (secondary N) is 1. The molecular weight excluding hydrogens is 450 g/mol. The largest absolute Gasteiger partial charge is 0.354 e. The van der Waals surface area contributed by atoms with Crippen LogP contribution < -0.4 is 15.8 Å². The molecule has 8 nitrogen and oxygen atoms in total. The number of benzene rings is 1. The molecule has 32 heavy (non-hydrogen) atoms. The van der Waals surface area contributed by atoms with Gasteiger partial charge in [-0.15, -0.1) is 0 Å². The molecule has 1 saturated heterocycles. The fourth-order valence-corrected chi connectivity index (χ4v) is 4.85. The number of Topliss-reactive ketones (excluding diaryl/α,β-unsaturated/α-hetero) is 1. The number of thiazole rings is 1. The van der Waals surface area contributed by atoms with Gasteiger partial charge in [0.1, 0.15) is 11.0 Å². The van der Waals surface area contributed by atoms with Crippen LogP contribution in [0, 0.1) is 5.92 Å². The molecule has 1 aromatic carbocycles. The van der Waals surface area contributed by atoms with Gasteiger partial charge in [0, 0.05) is 35.6 Å². The molecule has 0 aliphatic carbocycles. The van der Waals surface area contributed by atoms with Crippen molar-refractivity contribution in [2.75, 3.05) is 18.0 Å². The van der Waals surface area contributed by atoms with Crippen LogP contribution in [-0.4, -0.2) is 45.4 Å². The normalized spacial score (nSPS) is 14.8. The Labute approximate surface area is 194 Å². The van der Waals surface area contributed by atoms with Gasteiger partial charge in [0.25, 0.3) is 5.56 Å². The highest BCUT2D eigenvalue weighted by atomic mass is 35.5. The van der Waals surface area contributed by atoms with E-state index in [-0.39, 0.29) is 35.8 Å². The monoisotopic (exact) mass is 473 g/mol. The summed E-state index contributed by atoms with van der Waals surface area (Å²) in [7, 11) is 0. The molecule has 168 valence electrons. The smallest absolute Gasteiger partial charge is 0.273 e. The molecule has 1 amide bonds. The highest BCUT2D eigenvalue weighted by molar-refractivity contribution is 7.22. The summed E-state index contributed by atoms with van der Waals surface area (Å²) in [6.07, 6.45) is 2.84. The fourth-order valence-electron chi connectivity index (χ4n) is 3.70. The minimum Gasteiger partial charge on any atom is -0.354 e. The number of anilines is 1. The van der Waals surface area contributed by atoms with Crippen LogP contribution in [0.5, 0.6) is 0 Å². The standard InChI is InChI=1S/C22H24ClN5O3S/c1-13(2)25-20(30)15-7-9-27(10-8-15)22-26-19-18(32-22)21(31)28(12-24-19)11-17(29)14-3-5-16(23)6-4-14/h3-6,12-13,15H,7-11H2,1-2H3,(H,25,30). The molecule has 1 fully saturated rings. The number of aromatic nitrogens is 3. The molecule has 3 heterocycles. The highest BCUT2D eigenvalue weighted by Crippen LogP contribution is 2.29. The number of carbonyl (C=O) groups excluding carboxylic acids is 2. The zero-order chi connectivity index (χ0) is 22.8. The second-order valence-electron chi connectivity index (χ2n) is 8.18. The van der Waals surface area contributed by atoms with Gasteiger partial charge >= 0.3 is 0 Å². The van der Waals surface area contributed by atoms with Gasteiger partial charge in [0.2, 0.25) is 5.91 Å². The van der Waals surface area contributed by atoms with E-state index in [9.17, 15) is 14.4 Å².